The van der Waals surface area contributed by atoms with Crippen LogP contribution < -0.4 is 0 Å². The van der Waals surface area contributed by atoms with E-state index >= 15 is 0 Å². The van der Waals surface area contributed by atoms with E-state index in [1.807, 2.05) is 0 Å². The molecule has 0 radical (unpaired) electrons. The van der Waals surface area contributed by atoms with Crippen molar-refractivity contribution < 1.29 is 23.6 Å². The van der Waals surface area contributed by atoms with E-state index in [1.54, 1.807) is 0 Å². The quantitative estimate of drug-likeness (QED) is 0.646. The zero-order valence-electron chi connectivity index (χ0n) is 8.68. The number of carbonyl (C=O) groups is 1. The summed E-state index contributed by atoms with van der Waals surface area (Å²) in [5.41, 5.74) is -1.70. The molecule has 92 valence electrons. The number of aromatic nitrogens is 1. The lowest BCUT2D eigenvalue weighted by molar-refractivity contribution is -0.385. The number of halogens is 2. The average molecular weight is 246 g/mol. The fraction of sp³-hybridized carbons (Fsp3) is 0.333. The Morgan fingerprint density at radius 1 is 1.65 bits per heavy atom. The number of hydrogen-bond acceptors (Lipinski definition) is 4. The van der Waals surface area contributed by atoms with Crippen LogP contribution in [0, 0.1) is 17.0 Å². The Bertz CT molecular complexity index is 476. The topological polar surface area (TPSA) is 93.3 Å². The molecule has 0 saturated carbocycles. The number of carboxylic acid groups (broad SMARTS) is 1. The van der Waals surface area contributed by atoms with Gasteiger partial charge in [0.2, 0.25) is 0 Å². The van der Waals surface area contributed by atoms with Gasteiger partial charge in [-0.25, -0.2) is 13.8 Å². The number of nitrogens with zero attached hydrogens (tertiary/aromatic N) is 2. The molecular formula is C9H8F2N2O4. The maximum atomic E-state index is 12.6. The van der Waals surface area contributed by atoms with Crippen molar-refractivity contribution in [2.75, 3.05) is 0 Å². The lowest BCUT2D eigenvalue weighted by atomic mass is 10.1. The van der Waals surface area contributed by atoms with Crippen molar-refractivity contribution in [3.8, 4) is 0 Å². The molecule has 1 rings (SSSR count). The van der Waals surface area contributed by atoms with Gasteiger partial charge in [0.05, 0.1) is 17.0 Å². The number of aliphatic carboxylic acids is 1. The average Bonchev–Trinajstić information content (AvgIpc) is 2.15. The fourth-order valence-electron chi connectivity index (χ4n) is 1.32. The number of rotatable bonds is 4. The minimum absolute atomic E-state index is 0.0874. The van der Waals surface area contributed by atoms with Gasteiger partial charge in [0.25, 0.3) is 12.1 Å². The molecule has 0 fully saturated rings. The molecule has 0 aliphatic rings. The zero-order valence-corrected chi connectivity index (χ0v) is 8.68. The van der Waals surface area contributed by atoms with E-state index in [2.05, 4.69) is 4.98 Å². The van der Waals surface area contributed by atoms with Crippen LogP contribution in [-0.2, 0) is 11.2 Å². The van der Waals surface area contributed by atoms with Gasteiger partial charge in [0, 0.05) is 11.6 Å². The summed E-state index contributed by atoms with van der Waals surface area (Å²) >= 11 is 0. The van der Waals surface area contributed by atoms with Crippen molar-refractivity contribution in [1.29, 1.82) is 0 Å². The SMILES string of the molecule is Cc1nc(CC(=O)O)c(C(F)F)cc1[N+](=O)[O-]. The summed E-state index contributed by atoms with van der Waals surface area (Å²) in [6.45, 7) is 1.26. The molecule has 0 amide bonds. The molecular weight excluding hydrogens is 238 g/mol. The minimum atomic E-state index is -3.00. The van der Waals surface area contributed by atoms with Crippen LogP contribution in [0.25, 0.3) is 0 Å². The van der Waals surface area contributed by atoms with Gasteiger partial charge in [0.15, 0.2) is 0 Å². The van der Waals surface area contributed by atoms with Crippen LogP contribution >= 0.6 is 0 Å². The second-order valence-electron chi connectivity index (χ2n) is 3.26. The Kier molecular flexibility index (Phi) is 3.66. The molecule has 0 saturated heterocycles. The van der Waals surface area contributed by atoms with E-state index in [4.69, 9.17) is 5.11 Å². The van der Waals surface area contributed by atoms with Crippen LogP contribution in [-0.4, -0.2) is 21.0 Å². The summed E-state index contributed by atoms with van der Waals surface area (Å²) in [6, 6.07) is 0.672. The summed E-state index contributed by atoms with van der Waals surface area (Å²) in [7, 11) is 0. The minimum Gasteiger partial charge on any atom is -0.481 e. The third-order valence-electron chi connectivity index (χ3n) is 2.05. The third-order valence-corrected chi connectivity index (χ3v) is 2.05. The first-order valence-corrected chi connectivity index (χ1v) is 4.47. The predicted octanol–water partition coefficient (Wildman–Crippen LogP) is 1.86. The van der Waals surface area contributed by atoms with Crippen molar-refractivity contribution >= 4 is 11.7 Å². The van der Waals surface area contributed by atoms with Crippen LogP contribution in [0.1, 0.15) is 23.4 Å². The van der Waals surface area contributed by atoms with Crippen molar-refractivity contribution in [2.45, 2.75) is 19.8 Å². The first-order chi connectivity index (χ1) is 7.82. The molecule has 17 heavy (non-hydrogen) atoms. The number of aryl methyl sites for hydroxylation is 1. The smallest absolute Gasteiger partial charge is 0.309 e. The molecule has 0 aromatic carbocycles. The lowest BCUT2D eigenvalue weighted by Crippen LogP contribution is -2.09. The van der Waals surface area contributed by atoms with Crippen LogP contribution in [0.4, 0.5) is 14.5 Å². The van der Waals surface area contributed by atoms with E-state index in [1.165, 1.54) is 6.92 Å². The zero-order chi connectivity index (χ0) is 13.2. The van der Waals surface area contributed by atoms with Gasteiger partial charge in [0.1, 0.15) is 5.69 Å². The van der Waals surface area contributed by atoms with Crippen molar-refractivity contribution in [3.63, 3.8) is 0 Å². The highest BCUT2D eigenvalue weighted by Crippen LogP contribution is 2.28. The number of carboxylic acids is 1. The first kappa shape index (κ1) is 12.9. The Morgan fingerprint density at radius 3 is 2.65 bits per heavy atom. The number of alkyl halides is 2. The first-order valence-electron chi connectivity index (χ1n) is 4.47. The third kappa shape index (κ3) is 2.92. The molecule has 8 heteroatoms. The summed E-state index contributed by atoms with van der Waals surface area (Å²) < 4.78 is 25.2. The van der Waals surface area contributed by atoms with E-state index < -0.39 is 35.0 Å². The maximum absolute atomic E-state index is 12.6. The number of nitro groups is 1. The van der Waals surface area contributed by atoms with Crippen LogP contribution in [0.2, 0.25) is 0 Å². The molecule has 6 nitrogen and oxygen atoms in total. The highest BCUT2D eigenvalue weighted by molar-refractivity contribution is 5.70. The molecule has 0 atom stereocenters. The standard InChI is InChI=1S/C9H8F2N2O4/c1-4-7(13(16)17)2-5(9(10)11)6(12-4)3-8(14)15/h2,9H,3H2,1H3,(H,14,15). The second kappa shape index (κ2) is 4.81. The summed E-state index contributed by atoms with van der Waals surface area (Å²) in [4.78, 5) is 23.7. The molecule has 1 aromatic rings. The van der Waals surface area contributed by atoms with Gasteiger partial charge in [-0.15, -0.1) is 0 Å². The van der Waals surface area contributed by atoms with E-state index in [-0.39, 0.29) is 11.4 Å². The summed E-state index contributed by atoms with van der Waals surface area (Å²) in [5.74, 6) is -1.33. The van der Waals surface area contributed by atoms with Gasteiger partial charge in [-0.2, -0.15) is 0 Å². The summed E-state index contributed by atoms with van der Waals surface area (Å²) in [6.07, 6.45) is -3.70. The van der Waals surface area contributed by atoms with Crippen molar-refractivity contribution in [3.05, 3.63) is 33.1 Å². The highest BCUT2D eigenvalue weighted by Gasteiger charge is 2.23. The van der Waals surface area contributed by atoms with Crippen molar-refractivity contribution in [1.82, 2.24) is 4.98 Å². The maximum Gasteiger partial charge on any atom is 0.309 e. The Hall–Kier alpha value is -2.12. The van der Waals surface area contributed by atoms with Gasteiger partial charge in [-0.05, 0) is 6.92 Å². The normalized spacial score (nSPS) is 10.6. The Balaban J connectivity index is 3.35. The van der Waals surface area contributed by atoms with Crippen LogP contribution in [0.15, 0.2) is 6.07 Å². The van der Waals surface area contributed by atoms with Crippen LogP contribution in [0.3, 0.4) is 0 Å². The van der Waals surface area contributed by atoms with Gasteiger partial charge >= 0.3 is 5.97 Å². The second-order valence-corrected chi connectivity index (χ2v) is 3.26. The molecule has 0 unspecified atom stereocenters. The van der Waals surface area contributed by atoms with E-state index in [9.17, 15) is 23.7 Å². The largest absolute Gasteiger partial charge is 0.481 e. The van der Waals surface area contributed by atoms with Gasteiger partial charge in [-0.3, -0.25) is 14.9 Å². The molecule has 0 spiro atoms. The van der Waals surface area contributed by atoms with Crippen LogP contribution in [0.5, 0.6) is 0 Å². The van der Waals surface area contributed by atoms with Gasteiger partial charge < -0.3 is 5.11 Å². The van der Waals surface area contributed by atoms with E-state index in [0.29, 0.717) is 6.07 Å². The summed E-state index contributed by atoms with van der Waals surface area (Å²) in [5, 5.41) is 19.1. The highest BCUT2D eigenvalue weighted by atomic mass is 19.3. The molecule has 1 heterocycles. The molecule has 0 aliphatic carbocycles. The molecule has 0 bridgehead atoms. The molecule has 0 aliphatic heterocycles. The lowest BCUT2D eigenvalue weighted by Gasteiger charge is -2.07. The molecule has 1 N–H and O–H groups in total. The predicted molar refractivity (Wildman–Crippen MR) is 51.9 cm³/mol. The monoisotopic (exact) mass is 246 g/mol. The molecule has 1 aromatic heterocycles. The Morgan fingerprint density at radius 2 is 2.24 bits per heavy atom. The fourth-order valence-corrected chi connectivity index (χ4v) is 1.32. The van der Waals surface area contributed by atoms with Crippen molar-refractivity contribution in [2.24, 2.45) is 0 Å². The number of pyridine rings is 1. The van der Waals surface area contributed by atoms with Gasteiger partial charge in [-0.1, -0.05) is 0 Å². The Labute approximate surface area is 94.1 Å². The van der Waals surface area contributed by atoms with E-state index in [0.717, 1.165) is 0 Å². The number of hydrogen-bond donors (Lipinski definition) is 1.